The fourth-order valence-corrected chi connectivity index (χ4v) is 2.70. The van der Waals surface area contributed by atoms with Gasteiger partial charge in [-0.3, -0.25) is 0 Å². The van der Waals surface area contributed by atoms with Gasteiger partial charge in [-0.15, -0.1) is 0 Å². The first-order valence-electron chi connectivity index (χ1n) is 7.83. The van der Waals surface area contributed by atoms with Crippen molar-refractivity contribution in [3.63, 3.8) is 0 Å². The van der Waals surface area contributed by atoms with E-state index in [1.54, 1.807) is 0 Å². The molecule has 3 aromatic rings. The lowest BCUT2D eigenvalue weighted by molar-refractivity contribution is 1.26. The first kappa shape index (κ1) is 15.1. The highest BCUT2D eigenvalue weighted by Crippen LogP contribution is 2.35. The molecular formula is C22H21N. The van der Waals surface area contributed by atoms with Gasteiger partial charge in [-0.1, -0.05) is 54.6 Å². The minimum absolute atomic E-state index is 1.12. The van der Waals surface area contributed by atoms with Crippen LogP contribution in [0.4, 0.5) is 17.1 Å². The van der Waals surface area contributed by atoms with Crippen LogP contribution < -0.4 is 4.90 Å². The van der Waals surface area contributed by atoms with Crippen molar-refractivity contribution in [2.24, 2.45) is 0 Å². The van der Waals surface area contributed by atoms with Gasteiger partial charge in [-0.05, 0) is 61.4 Å². The van der Waals surface area contributed by atoms with Crippen LogP contribution in [-0.2, 0) is 0 Å². The third-order valence-electron chi connectivity index (χ3n) is 3.92. The molecule has 0 atom stereocenters. The van der Waals surface area contributed by atoms with Gasteiger partial charge in [0.2, 0.25) is 0 Å². The molecule has 1 heteroatoms. The Balaban J connectivity index is 2.16. The van der Waals surface area contributed by atoms with E-state index in [0.717, 1.165) is 22.6 Å². The Morgan fingerprint density at radius 2 is 1.35 bits per heavy atom. The largest absolute Gasteiger partial charge is 0.310 e. The van der Waals surface area contributed by atoms with Crippen molar-refractivity contribution < 1.29 is 0 Å². The SMILES string of the molecule is C=Cc1cccc(N(c2ccc(C)cc2)c2cccc(C)c2)c1. The van der Waals surface area contributed by atoms with Crippen molar-refractivity contribution in [1.29, 1.82) is 0 Å². The summed E-state index contributed by atoms with van der Waals surface area (Å²) in [6.45, 7) is 8.12. The van der Waals surface area contributed by atoms with Crippen molar-refractivity contribution >= 4 is 23.1 Å². The average molecular weight is 299 g/mol. The maximum absolute atomic E-state index is 3.88. The van der Waals surface area contributed by atoms with Crippen LogP contribution in [0.3, 0.4) is 0 Å². The molecule has 0 N–H and O–H groups in total. The second-order valence-corrected chi connectivity index (χ2v) is 5.81. The summed E-state index contributed by atoms with van der Waals surface area (Å²) in [7, 11) is 0. The summed E-state index contributed by atoms with van der Waals surface area (Å²) in [5.74, 6) is 0. The van der Waals surface area contributed by atoms with Crippen LogP contribution in [0.1, 0.15) is 16.7 Å². The minimum Gasteiger partial charge on any atom is -0.310 e. The zero-order chi connectivity index (χ0) is 16.2. The first-order chi connectivity index (χ1) is 11.2. The van der Waals surface area contributed by atoms with Crippen LogP contribution in [-0.4, -0.2) is 0 Å². The Morgan fingerprint density at radius 3 is 2.00 bits per heavy atom. The number of hydrogen-bond acceptors (Lipinski definition) is 1. The number of aryl methyl sites for hydroxylation is 2. The number of anilines is 3. The molecule has 0 aliphatic heterocycles. The highest BCUT2D eigenvalue weighted by atomic mass is 15.1. The van der Waals surface area contributed by atoms with Crippen LogP contribution in [0.5, 0.6) is 0 Å². The molecule has 0 saturated heterocycles. The molecule has 3 aromatic carbocycles. The first-order valence-corrected chi connectivity index (χ1v) is 7.83. The van der Waals surface area contributed by atoms with Gasteiger partial charge in [-0.25, -0.2) is 0 Å². The molecule has 0 unspecified atom stereocenters. The average Bonchev–Trinajstić information content (AvgIpc) is 2.57. The summed E-state index contributed by atoms with van der Waals surface area (Å²) in [6.07, 6.45) is 1.88. The highest BCUT2D eigenvalue weighted by Gasteiger charge is 2.12. The molecular weight excluding hydrogens is 278 g/mol. The molecule has 0 radical (unpaired) electrons. The van der Waals surface area contributed by atoms with E-state index in [0.29, 0.717) is 0 Å². The number of hydrogen-bond donors (Lipinski definition) is 0. The normalized spacial score (nSPS) is 10.3. The maximum atomic E-state index is 3.88. The van der Waals surface area contributed by atoms with Gasteiger partial charge < -0.3 is 4.90 Å². The van der Waals surface area contributed by atoms with Gasteiger partial charge in [-0.2, -0.15) is 0 Å². The lowest BCUT2D eigenvalue weighted by Gasteiger charge is -2.26. The molecule has 0 amide bonds. The van der Waals surface area contributed by atoms with E-state index in [1.165, 1.54) is 11.1 Å². The van der Waals surface area contributed by atoms with Crippen molar-refractivity contribution in [2.75, 3.05) is 4.90 Å². The molecule has 0 aliphatic rings. The van der Waals surface area contributed by atoms with Gasteiger partial charge in [0.1, 0.15) is 0 Å². The third-order valence-corrected chi connectivity index (χ3v) is 3.92. The van der Waals surface area contributed by atoms with Crippen LogP contribution in [0, 0.1) is 13.8 Å². The number of nitrogens with zero attached hydrogens (tertiary/aromatic N) is 1. The van der Waals surface area contributed by atoms with Gasteiger partial charge in [0.25, 0.3) is 0 Å². The van der Waals surface area contributed by atoms with Gasteiger partial charge in [0, 0.05) is 17.1 Å². The molecule has 3 rings (SSSR count). The smallest absolute Gasteiger partial charge is 0.0467 e. The van der Waals surface area contributed by atoms with E-state index >= 15 is 0 Å². The van der Waals surface area contributed by atoms with Crippen molar-refractivity contribution in [2.45, 2.75) is 13.8 Å². The van der Waals surface area contributed by atoms with Gasteiger partial charge in [0.15, 0.2) is 0 Å². The standard InChI is InChI=1S/C22H21N/c1-4-19-8-6-10-22(16-19)23(20-13-11-17(2)12-14-20)21-9-5-7-18(3)15-21/h4-16H,1H2,2-3H3. The molecule has 0 fully saturated rings. The molecule has 0 aliphatic carbocycles. The molecule has 1 nitrogen and oxygen atoms in total. The Morgan fingerprint density at radius 1 is 0.696 bits per heavy atom. The van der Waals surface area contributed by atoms with E-state index in [4.69, 9.17) is 0 Å². The molecule has 0 saturated carbocycles. The summed E-state index contributed by atoms with van der Waals surface area (Å²) in [4.78, 5) is 2.28. The number of benzene rings is 3. The minimum atomic E-state index is 1.12. The van der Waals surface area contributed by atoms with Gasteiger partial charge in [0.05, 0.1) is 0 Å². The zero-order valence-corrected chi connectivity index (χ0v) is 13.7. The second kappa shape index (κ2) is 6.53. The Labute approximate surface area is 138 Å². The predicted octanol–water partition coefficient (Wildman–Crippen LogP) is 6.42. The van der Waals surface area contributed by atoms with Crippen LogP contribution in [0.25, 0.3) is 6.08 Å². The Hall–Kier alpha value is -2.80. The Bertz CT molecular complexity index is 815. The van der Waals surface area contributed by atoms with E-state index in [1.807, 2.05) is 6.08 Å². The monoisotopic (exact) mass is 299 g/mol. The summed E-state index contributed by atoms with van der Waals surface area (Å²) in [6, 6.07) is 25.6. The van der Waals surface area contributed by atoms with Crippen molar-refractivity contribution in [1.82, 2.24) is 0 Å². The van der Waals surface area contributed by atoms with Crippen molar-refractivity contribution in [3.05, 3.63) is 96.1 Å². The summed E-state index contributed by atoms with van der Waals surface area (Å²) >= 11 is 0. The van der Waals surface area contributed by atoms with E-state index in [2.05, 4.69) is 98.1 Å². The molecule has 0 aromatic heterocycles. The lowest BCUT2D eigenvalue weighted by Crippen LogP contribution is -2.10. The molecule has 23 heavy (non-hydrogen) atoms. The van der Waals surface area contributed by atoms with Crippen LogP contribution in [0.15, 0.2) is 79.4 Å². The topological polar surface area (TPSA) is 3.24 Å². The highest BCUT2D eigenvalue weighted by molar-refractivity contribution is 5.78. The second-order valence-electron chi connectivity index (χ2n) is 5.81. The summed E-state index contributed by atoms with van der Waals surface area (Å²) in [5.41, 5.74) is 7.08. The van der Waals surface area contributed by atoms with E-state index in [-0.39, 0.29) is 0 Å². The zero-order valence-electron chi connectivity index (χ0n) is 13.7. The molecule has 114 valence electrons. The van der Waals surface area contributed by atoms with Crippen LogP contribution >= 0.6 is 0 Å². The quantitative estimate of drug-likeness (QED) is 0.537. The fraction of sp³-hybridized carbons (Fsp3) is 0.0909. The molecule has 0 heterocycles. The predicted molar refractivity (Wildman–Crippen MR) is 101 cm³/mol. The summed E-state index contributed by atoms with van der Waals surface area (Å²) in [5, 5.41) is 0. The van der Waals surface area contributed by atoms with Gasteiger partial charge >= 0.3 is 0 Å². The molecule has 0 spiro atoms. The van der Waals surface area contributed by atoms with Crippen LogP contribution in [0.2, 0.25) is 0 Å². The van der Waals surface area contributed by atoms with Crippen molar-refractivity contribution in [3.8, 4) is 0 Å². The molecule has 0 bridgehead atoms. The fourth-order valence-electron chi connectivity index (χ4n) is 2.70. The third kappa shape index (κ3) is 3.35. The summed E-state index contributed by atoms with van der Waals surface area (Å²) < 4.78 is 0. The maximum Gasteiger partial charge on any atom is 0.0467 e. The van der Waals surface area contributed by atoms with E-state index in [9.17, 15) is 0 Å². The lowest BCUT2D eigenvalue weighted by atomic mass is 10.1. The number of rotatable bonds is 4. The Kier molecular flexibility index (Phi) is 4.29. The van der Waals surface area contributed by atoms with E-state index < -0.39 is 0 Å².